The third-order valence-electron chi connectivity index (χ3n) is 4.18. The second-order valence-electron chi connectivity index (χ2n) is 6.09. The van der Waals surface area contributed by atoms with Crippen molar-refractivity contribution >= 4 is 17.2 Å². The van der Waals surface area contributed by atoms with Crippen molar-refractivity contribution in [2.24, 2.45) is 0 Å². The Kier molecular flexibility index (Phi) is 3.61. The number of pyridine rings is 1. The molecule has 0 aliphatic rings. The van der Waals surface area contributed by atoms with E-state index in [0.29, 0.717) is 5.56 Å². The number of rotatable bonds is 3. The number of aryl methyl sites for hydroxylation is 2. The molecule has 4 aromatic rings. The number of hydrogen-bond acceptors (Lipinski definition) is 3. The van der Waals surface area contributed by atoms with Crippen LogP contribution in [0.5, 0.6) is 0 Å². The lowest BCUT2D eigenvalue weighted by Gasteiger charge is -2.09. The molecule has 0 atom stereocenters. The van der Waals surface area contributed by atoms with Crippen LogP contribution in [0.3, 0.4) is 0 Å². The molecule has 3 heterocycles. The number of furan rings is 1. The average molecular weight is 331 g/mol. The highest BCUT2D eigenvalue weighted by molar-refractivity contribution is 6.04. The summed E-state index contributed by atoms with van der Waals surface area (Å²) in [6, 6.07) is 11.7. The summed E-state index contributed by atoms with van der Waals surface area (Å²) in [7, 11) is 0. The van der Waals surface area contributed by atoms with Crippen LogP contribution in [0.1, 0.15) is 21.5 Å². The van der Waals surface area contributed by atoms with Gasteiger partial charge in [-0.1, -0.05) is 12.1 Å². The molecular weight excluding hydrogens is 314 g/mol. The first-order valence-electron chi connectivity index (χ1n) is 8.00. The lowest BCUT2D eigenvalue weighted by atomic mass is 10.1. The van der Waals surface area contributed by atoms with Gasteiger partial charge in [-0.15, -0.1) is 0 Å². The van der Waals surface area contributed by atoms with Crippen LogP contribution in [-0.4, -0.2) is 15.3 Å². The van der Waals surface area contributed by atoms with E-state index < -0.39 is 0 Å². The number of amides is 1. The summed E-state index contributed by atoms with van der Waals surface area (Å²) in [5, 5.41) is 2.93. The van der Waals surface area contributed by atoms with Gasteiger partial charge in [-0.3, -0.25) is 4.79 Å². The van der Waals surface area contributed by atoms with E-state index in [1.165, 1.54) is 18.1 Å². The second-order valence-corrected chi connectivity index (χ2v) is 6.09. The van der Waals surface area contributed by atoms with Crippen molar-refractivity contribution in [3.05, 3.63) is 78.0 Å². The minimum absolute atomic E-state index is 0.195. The fraction of sp³-hybridized carbons (Fsp3) is 0.100. The van der Waals surface area contributed by atoms with Crippen LogP contribution >= 0.6 is 0 Å². The quantitative estimate of drug-likeness (QED) is 0.603. The molecule has 3 aromatic heterocycles. The van der Waals surface area contributed by atoms with E-state index in [1.807, 2.05) is 61.0 Å². The Morgan fingerprint density at radius 2 is 2.04 bits per heavy atom. The predicted octanol–water partition coefficient (Wildman–Crippen LogP) is 4.46. The first kappa shape index (κ1) is 15.2. The highest BCUT2D eigenvalue weighted by Crippen LogP contribution is 2.26. The average Bonchev–Trinajstić information content (AvgIpc) is 3.25. The van der Waals surface area contributed by atoms with Gasteiger partial charge in [0.25, 0.3) is 5.91 Å². The first-order chi connectivity index (χ1) is 12.1. The van der Waals surface area contributed by atoms with Crippen molar-refractivity contribution in [2.45, 2.75) is 13.8 Å². The maximum atomic E-state index is 12.3. The molecule has 0 fully saturated rings. The molecule has 0 radical (unpaired) electrons. The van der Waals surface area contributed by atoms with E-state index >= 15 is 0 Å². The molecule has 0 aliphatic heterocycles. The van der Waals surface area contributed by atoms with Gasteiger partial charge in [-0.25, -0.2) is 4.98 Å². The first-order valence-corrected chi connectivity index (χ1v) is 8.00. The lowest BCUT2D eigenvalue weighted by molar-refractivity contribution is 0.102. The number of anilines is 1. The SMILES string of the molecule is Cc1ccn2cc(-c3ccc(C)c(NC(=O)c4ccoc4)c3)nc2c1. The zero-order valence-electron chi connectivity index (χ0n) is 14.0. The molecule has 0 aliphatic carbocycles. The van der Waals surface area contributed by atoms with Gasteiger partial charge in [0.2, 0.25) is 0 Å². The molecule has 25 heavy (non-hydrogen) atoms. The number of aromatic nitrogens is 2. The summed E-state index contributed by atoms with van der Waals surface area (Å²) in [5.41, 5.74) is 6.13. The Balaban J connectivity index is 1.69. The van der Waals surface area contributed by atoms with Crippen molar-refractivity contribution in [3.63, 3.8) is 0 Å². The number of fused-ring (bicyclic) bond motifs is 1. The Bertz CT molecular complexity index is 1060. The van der Waals surface area contributed by atoms with Crippen LogP contribution in [0.15, 0.2) is 65.7 Å². The maximum absolute atomic E-state index is 12.3. The number of carbonyl (C=O) groups excluding carboxylic acids is 1. The third kappa shape index (κ3) is 2.92. The van der Waals surface area contributed by atoms with Crippen LogP contribution in [0, 0.1) is 13.8 Å². The van der Waals surface area contributed by atoms with Gasteiger partial charge < -0.3 is 14.1 Å². The molecule has 0 saturated carbocycles. The summed E-state index contributed by atoms with van der Waals surface area (Å²) in [5.74, 6) is -0.195. The molecule has 1 N–H and O–H groups in total. The van der Waals surface area contributed by atoms with E-state index in [0.717, 1.165) is 28.2 Å². The minimum Gasteiger partial charge on any atom is -0.472 e. The molecule has 1 amide bonds. The fourth-order valence-corrected chi connectivity index (χ4v) is 2.73. The Hall–Kier alpha value is -3.34. The van der Waals surface area contributed by atoms with Crippen LogP contribution in [0.4, 0.5) is 5.69 Å². The van der Waals surface area contributed by atoms with Gasteiger partial charge in [-0.2, -0.15) is 0 Å². The van der Waals surface area contributed by atoms with E-state index in [9.17, 15) is 4.79 Å². The van der Waals surface area contributed by atoms with E-state index in [-0.39, 0.29) is 5.91 Å². The number of carbonyl (C=O) groups is 1. The standard InChI is InChI=1S/C20H17N3O2/c1-13-5-7-23-11-18(21-19(23)9-13)15-4-3-14(2)17(10-15)22-20(24)16-6-8-25-12-16/h3-12H,1-2H3,(H,22,24). The third-order valence-corrected chi connectivity index (χ3v) is 4.18. The molecule has 0 unspecified atom stereocenters. The molecular formula is C20H17N3O2. The molecule has 1 aromatic carbocycles. The molecule has 5 nitrogen and oxygen atoms in total. The maximum Gasteiger partial charge on any atom is 0.258 e. The molecule has 4 rings (SSSR count). The number of nitrogens with zero attached hydrogens (tertiary/aromatic N) is 2. The molecule has 124 valence electrons. The summed E-state index contributed by atoms with van der Waals surface area (Å²) in [6.45, 7) is 4.01. The lowest BCUT2D eigenvalue weighted by Crippen LogP contribution is -2.11. The molecule has 0 bridgehead atoms. The highest BCUT2D eigenvalue weighted by atomic mass is 16.3. The Labute approximate surface area is 144 Å². The van der Waals surface area contributed by atoms with Crippen molar-refractivity contribution in [1.29, 1.82) is 0 Å². The topological polar surface area (TPSA) is 59.5 Å². The van der Waals surface area contributed by atoms with Gasteiger partial charge >= 0.3 is 0 Å². The number of nitrogens with one attached hydrogen (secondary N) is 1. The Morgan fingerprint density at radius 1 is 1.16 bits per heavy atom. The summed E-state index contributed by atoms with van der Waals surface area (Å²) >= 11 is 0. The van der Waals surface area contributed by atoms with Crippen molar-refractivity contribution in [3.8, 4) is 11.3 Å². The van der Waals surface area contributed by atoms with Gasteiger partial charge in [-0.05, 0) is 49.2 Å². The Morgan fingerprint density at radius 3 is 2.84 bits per heavy atom. The zero-order chi connectivity index (χ0) is 17.4. The van der Waals surface area contributed by atoms with Crippen molar-refractivity contribution in [1.82, 2.24) is 9.38 Å². The smallest absolute Gasteiger partial charge is 0.258 e. The number of benzene rings is 1. The number of imidazole rings is 1. The zero-order valence-corrected chi connectivity index (χ0v) is 14.0. The van der Waals surface area contributed by atoms with Gasteiger partial charge in [0.05, 0.1) is 17.5 Å². The van der Waals surface area contributed by atoms with Crippen LogP contribution in [0.25, 0.3) is 16.9 Å². The predicted molar refractivity (Wildman–Crippen MR) is 96.8 cm³/mol. The summed E-state index contributed by atoms with van der Waals surface area (Å²) < 4.78 is 6.96. The minimum atomic E-state index is -0.195. The van der Waals surface area contributed by atoms with Gasteiger partial charge in [0.15, 0.2) is 0 Å². The van der Waals surface area contributed by atoms with Crippen molar-refractivity contribution in [2.75, 3.05) is 5.32 Å². The van der Waals surface area contributed by atoms with E-state index in [1.54, 1.807) is 6.07 Å². The monoisotopic (exact) mass is 331 g/mol. The summed E-state index contributed by atoms with van der Waals surface area (Å²) in [4.78, 5) is 16.9. The van der Waals surface area contributed by atoms with Crippen LogP contribution < -0.4 is 5.32 Å². The molecule has 0 spiro atoms. The van der Waals surface area contributed by atoms with Gasteiger partial charge in [0, 0.05) is 23.6 Å². The molecule has 5 heteroatoms. The largest absolute Gasteiger partial charge is 0.472 e. The van der Waals surface area contributed by atoms with Crippen LogP contribution in [-0.2, 0) is 0 Å². The normalized spacial score (nSPS) is 11.0. The van der Waals surface area contributed by atoms with E-state index in [4.69, 9.17) is 4.42 Å². The molecule has 0 saturated heterocycles. The van der Waals surface area contributed by atoms with Crippen molar-refractivity contribution < 1.29 is 9.21 Å². The summed E-state index contributed by atoms with van der Waals surface area (Å²) in [6.07, 6.45) is 6.90. The fourth-order valence-electron chi connectivity index (χ4n) is 2.73. The van der Waals surface area contributed by atoms with Crippen LogP contribution in [0.2, 0.25) is 0 Å². The highest BCUT2D eigenvalue weighted by Gasteiger charge is 2.11. The second kappa shape index (κ2) is 5.94. The number of hydrogen-bond donors (Lipinski definition) is 1. The van der Waals surface area contributed by atoms with E-state index in [2.05, 4.69) is 10.3 Å². The van der Waals surface area contributed by atoms with Gasteiger partial charge in [0.1, 0.15) is 11.9 Å².